The molecule has 0 aromatic heterocycles. The Kier molecular flexibility index (Phi) is 7.25. The SMILES string of the molecule is CCCNC(=O)CCC(=O)N1CCNCC1c1ccc(CC)cc1. The maximum atomic E-state index is 12.6. The van der Waals surface area contributed by atoms with Gasteiger partial charge in [0.25, 0.3) is 0 Å². The first-order valence-electron chi connectivity index (χ1n) is 9.01. The Morgan fingerprint density at radius 2 is 1.96 bits per heavy atom. The standard InChI is InChI=1S/C19H29N3O2/c1-3-11-21-18(23)9-10-19(24)22-13-12-20-14-17(22)16-7-5-15(4-2)6-8-16/h5-8,17,20H,3-4,9-14H2,1-2H3,(H,21,23). The van der Waals surface area contributed by atoms with Crippen LogP contribution < -0.4 is 10.6 Å². The number of piperazine rings is 1. The van der Waals surface area contributed by atoms with E-state index in [0.29, 0.717) is 13.1 Å². The average molecular weight is 331 g/mol. The highest BCUT2D eigenvalue weighted by atomic mass is 16.2. The number of hydrogen-bond donors (Lipinski definition) is 2. The smallest absolute Gasteiger partial charge is 0.223 e. The van der Waals surface area contributed by atoms with Crippen LogP contribution in [-0.4, -0.2) is 42.9 Å². The zero-order chi connectivity index (χ0) is 17.4. The molecular formula is C19H29N3O2. The Bertz CT molecular complexity index is 542. The first-order chi connectivity index (χ1) is 11.7. The molecule has 2 rings (SSSR count). The number of rotatable bonds is 7. The highest BCUT2D eigenvalue weighted by Crippen LogP contribution is 2.23. The van der Waals surface area contributed by atoms with Gasteiger partial charge < -0.3 is 15.5 Å². The van der Waals surface area contributed by atoms with Crippen molar-refractivity contribution in [1.29, 1.82) is 0 Å². The van der Waals surface area contributed by atoms with Crippen molar-refractivity contribution in [2.75, 3.05) is 26.2 Å². The Labute approximate surface area is 144 Å². The molecule has 0 aliphatic carbocycles. The van der Waals surface area contributed by atoms with Crippen LogP contribution in [0.5, 0.6) is 0 Å². The number of carbonyl (C=O) groups excluding carboxylic acids is 2. The van der Waals surface area contributed by atoms with Gasteiger partial charge in [0.15, 0.2) is 0 Å². The van der Waals surface area contributed by atoms with E-state index < -0.39 is 0 Å². The van der Waals surface area contributed by atoms with Gasteiger partial charge in [0.1, 0.15) is 0 Å². The third-order valence-electron chi connectivity index (χ3n) is 4.47. The minimum absolute atomic E-state index is 0.0378. The summed E-state index contributed by atoms with van der Waals surface area (Å²) in [7, 11) is 0. The molecule has 1 heterocycles. The van der Waals surface area contributed by atoms with Crippen LogP contribution in [0.4, 0.5) is 0 Å². The fraction of sp³-hybridized carbons (Fsp3) is 0.579. The molecule has 1 saturated heterocycles. The third-order valence-corrected chi connectivity index (χ3v) is 4.47. The van der Waals surface area contributed by atoms with Crippen molar-refractivity contribution in [2.24, 2.45) is 0 Å². The van der Waals surface area contributed by atoms with Crippen LogP contribution >= 0.6 is 0 Å². The van der Waals surface area contributed by atoms with E-state index in [2.05, 4.69) is 41.8 Å². The molecule has 1 aliphatic heterocycles. The van der Waals surface area contributed by atoms with Gasteiger partial charge in [-0.25, -0.2) is 0 Å². The fourth-order valence-electron chi connectivity index (χ4n) is 2.99. The first kappa shape index (κ1) is 18.5. The van der Waals surface area contributed by atoms with Gasteiger partial charge in [-0.15, -0.1) is 0 Å². The van der Waals surface area contributed by atoms with Crippen molar-refractivity contribution in [3.63, 3.8) is 0 Å². The number of aryl methyl sites for hydroxylation is 1. The summed E-state index contributed by atoms with van der Waals surface area (Å²) < 4.78 is 0. The average Bonchev–Trinajstić information content (AvgIpc) is 2.64. The topological polar surface area (TPSA) is 61.4 Å². The number of nitrogens with one attached hydrogen (secondary N) is 2. The molecule has 5 heteroatoms. The van der Waals surface area contributed by atoms with E-state index in [4.69, 9.17) is 0 Å². The van der Waals surface area contributed by atoms with E-state index in [0.717, 1.165) is 31.5 Å². The fourth-order valence-corrected chi connectivity index (χ4v) is 2.99. The maximum Gasteiger partial charge on any atom is 0.223 e. The van der Waals surface area contributed by atoms with Gasteiger partial charge in [-0.3, -0.25) is 9.59 Å². The summed E-state index contributed by atoms with van der Waals surface area (Å²) >= 11 is 0. The van der Waals surface area contributed by atoms with E-state index in [1.807, 2.05) is 11.8 Å². The highest BCUT2D eigenvalue weighted by molar-refractivity contribution is 5.84. The van der Waals surface area contributed by atoms with E-state index in [-0.39, 0.29) is 30.7 Å². The Morgan fingerprint density at radius 1 is 1.21 bits per heavy atom. The predicted molar refractivity (Wildman–Crippen MR) is 95.7 cm³/mol. The van der Waals surface area contributed by atoms with Crippen molar-refractivity contribution < 1.29 is 9.59 Å². The molecule has 1 atom stereocenters. The van der Waals surface area contributed by atoms with Crippen LogP contribution in [0.3, 0.4) is 0 Å². The lowest BCUT2D eigenvalue weighted by Crippen LogP contribution is -2.48. The van der Waals surface area contributed by atoms with Gasteiger partial charge in [-0.1, -0.05) is 38.1 Å². The maximum absolute atomic E-state index is 12.6. The zero-order valence-electron chi connectivity index (χ0n) is 14.8. The largest absolute Gasteiger partial charge is 0.356 e. The van der Waals surface area contributed by atoms with Crippen LogP contribution in [0.25, 0.3) is 0 Å². The molecular weight excluding hydrogens is 302 g/mol. The summed E-state index contributed by atoms with van der Waals surface area (Å²) in [5, 5.41) is 6.19. The van der Waals surface area contributed by atoms with Gasteiger partial charge in [0.05, 0.1) is 6.04 Å². The van der Waals surface area contributed by atoms with Crippen molar-refractivity contribution in [3.05, 3.63) is 35.4 Å². The third kappa shape index (κ3) is 5.06. The number of nitrogens with zero attached hydrogens (tertiary/aromatic N) is 1. The van der Waals surface area contributed by atoms with Crippen molar-refractivity contribution >= 4 is 11.8 Å². The van der Waals surface area contributed by atoms with Gasteiger partial charge >= 0.3 is 0 Å². The summed E-state index contributed by atoms with van der Waals surface area (Å²) in [5.41, 5.74) is 2.45. The summed E-state index contributed by atoms with van der Waals surface area (Å²) in [5.74, 6) is 0.0249. The van der Waals surface area contributed by atoms with Gasteiger partial charge in [0.2, 0.25) is 11.8 Å². The molecule has 2 amide bonds. The lowest BCUT2D eigenvalue weighted by atomic mass is 10.0. The van der Waals surface area contributed by atoms with E-state index in [9.17, 15) is 9.59 Å². The lowest BCUT2D eigenvalue weighted by molar-refractivity contribution is -0.136. The van der Waals surface area contributed by atoms with Crippen LogP contribution in [0.1, 0.15) is 50.3 Å². The molecule has 1 aromatic rings. The number of benzene rings is 1. The van der Waals surface area contributed by atoms with Crippen LogP contribution in [-0.2, 0) is 16.0 Å². The zero-order valence-corrected chi connectivity index (χ0v) is 14.8. The lowest BCUT2D eigenvalue weighted by Gasteiger charge is -2.36. The van der Waals surface area contributed by atoms with Crippen LogP contribution in [0, 0.1) is 0 Å². The predicted octanol–water partition coefficient (Wildman–Crippen LogP) is 2.03. The summed E-state index contributed by atoms with van der Waals surface area (Å²) in [6.45, 7) is 7.08. The second-order valence-electron chi connectivity index (χ2n) is 6.25. The monoisotopic (exact) mass is 331 g/mol. The minimum atomic E-state index is -0.0378. The molecule has 0 radical (unpaired) electrons. The normalized spacial score (nSPS) is 17.6. The summed E-state index contributed by atoms with van der Waals surface area (Å²) in [6.07, 6.45) is 2.47. The second-order valence-corrected chi connectivity index (χ2v) is 6.25. The molecule has 2 N–H and O–H groups in total. The molecule has 5 nitrogen and oxygen atoms in total. The number of hydrogen-bond acceptors (Lipinski definition) is 3. The molecule has 1 unspecified atom stereocenters. The van der Waals surface area contributed by atoms with Crippen molar-refractivity contribution in [1.82, 2.24) is 15.5 Å². The number of carbonyl (C=O) groups is 2. The van der Waals surface area contributed by atoms with Crippen molar-refractivity contribution in [3.8, 4) is 0 Å². The molecule has 0 saturated carbocycles. The Balaban J connectivity index is 1.97. The quantitative estimate of drug-likeness (QED) is 0.804. The van der Waals surface area contributed by atoms with Gasteiger partial charge in [0, 0.05) is 39.0 Å². The Morgan fingerprint density at radius 3 is 2.62 bits per heavy atom. The molecule has 1 fully saturated rings. The van der Waals surface area contributed by atoms with Gasteiger partial charge in [-0.05, 0) is 24.0 Å². The molecule has 0 spiro atoms. The molecule has 1 aliphatic rings. The van der Waals surface area contributed by atoms with Gasteiger partial charge in [-0.2, -0.15) is 0 Å². The molecule has 132 valence electrons. The second kappa shape index (κ2) is 9.42. The van der Waals surface area contributed by atoms with Crippen LogP contribution in [0.2, 0.25) is 0 Å². The van der Waals surface area contributed by atoms with E-state index in [1.165, 1.54) is 5.56 Å². The van der Waals surface area contributed by atoms with E-state index in [1.54, 1.807) is 0 Å². The van der Waals surface area contributed by atoms with Crippen molar-refractivity contribution in [2.45, 2.75) is 45.6 Å². The Hall–Kier alpha value is -1.88. The summed E-state index contributed by atoms with van der Waals surface area (Å²) in [6, 6.07) is 8.54. The first-order valence-corrected chi connectivity index (χ1v) is 9.01. The molecule has 1 aromatic carbocycles. The van der Waals surface area contributed by atoms with E-state index >= 15 is 0 Å². The van der Waals surface area contributed by atoms with Crippen LogP contribution in [0.15, 0.2) is 24.3 Å². The highest BCUT2D eigenvalue weighted by Gasteiger charge is 2.27. The summed E-state index contributed by atoms with van der Waals surface area (Å²) in [4.78, 5) is 26.2. The molecule has 0 bridgehead atoms. The number of amides is 2. The minimum Gasteiger partial charge on any atom is -0.356 e. The molecule has 24 heavy (non-hydrogen) atoms.